The molecule has 2 heterocycles. The van der Waals surface area contributed by atoms with Gasteiger partial charge >= 0.3 is 0 Å². The number of benzene rings is 2. The van der Waals surface area contributed by atoms with Crippen molar-refractivity contribution in [2.75, 3.05) is 13.6 Å². The summed E-state index contributed by atoms with van der Waals surface area (Å²) >= 11 is 3.43. The van der Waals surface area contributed by atoms with Gasteiger partial charge in [0.25, 0.3) is 5.91 Å². The lowest BCUT2D eigenvalue weighted by molar-refractivity contribution is 0.0954. The number of hydrazone groups is 1. The fraction of sp³-hybridized carbons (Fsp3) is 0.125. The molecule has 2 aromatic rings. The van der Waals surface area contributed by atoms with E-state index in [-0.39, 0.29) is 19.5 Å². The van der Waals surface area contributed by atoms with Gasteiger partial charge in [0.1, 0.15) is 0 Å². The van der Waals surface area contributed by atoms with E-state index in [4.69, 9.17) is 18.9 Å². The van der Waals surface area contributed by atoms with E-state index < -0.39 is 0 Å². The second-order valence-electron chi connectivity index (χ2n) is 4.99. The number of nitrogens with zero attached hydrogens (tertiary/aromatic N) is 1. The standard InChI is InChI=1S/C16H11BrN2O5/c17-11-5-15-14(23-8-24-15)4-10(11)6-18-19-16(20)9-1-2-12-13(3-9)22-7-21-12/h1-6H,7-8H2,(H,19,20). The third-order valence-electron chi connectivity index (χ3n) is 3.50. The summed E-state index contributed by atoms with van der Waals surface area (Å²) < 4.78 is 21.8. The first-order valence-corrected chi connectivity index (χ1v) is 7.82. The molecule has 1 amide bonds. The van der Waals surface area contributed by atoms with Crippen molar-refractivity contribution < 1.29 is 23.7 Å². The van der Waals surface area contributed by atoms with Gasteiger partial charge in [-0.1, -0.05) is 0 Å². The lowest BCUT2D eigenvalue weighted by atomic mass is 10.2. The van der Waals surface area contributed by atoms with Crippen LogP contribution in [0.4, 0.5) is 0 Å². The Morgan fingerprint density at radius 3 is 2.46 bits per heavy atom. The topological polar surface area (TPSA) is 78.4 Å². The summed E-state index contributed by atoms with van der Waals surface area (Å²) in [5.74, 6) is 2.14. The Morgan fingerprint density at radius 1 is 1.00 bits per heavy atom. The van der Waals surface area contributed by atoms with E-state index >= 15 is 0 Å². The van der Waals surface area contributed by atoms with Gasteiger partial charge in [-0.25, -0.2) is 5.43 Å². The number of nitrogens with one attached hydrogen (secondary N) is 1. The number of fused-ring (bicyclic) bond motifs is 2. The van der Waals surface area contributed by atoms with Crippen molar-refractivity contribution in [1.82, 2.24) is 5.43 Å². The Labute approximate surface area is 145 Å². The molecule has 7 nitrogen and oxygen atoms in total. The molecule has 0 fully saturated rings. The van der Waals surface area contributed by atoms with Crippen molar-refractivity contribution in [3.8, 4) is 23.0 Å². The van der Waals surface area contributed by atoms with Gasteiger partial charge in [0.15, 0.2) is 23.0 Å². The molecule has 0 unspecified atom stereocenters. The van der Waals surface area contributed by atoms with Gasteiger partial charge in [-0.15, -0.1) is 0 Å². The van der Waals surface area contributed by atoms with Crippen molar-refractivity contribution in [2.45, 2.75) is 0 Å². The highest BCUT2D eigenvalue weighted by Crippen LogP contribution is 2.36. The van der Waals surface area contributed by atoms with Crippen LogP contribution in [0.25, 0.3) is 0 Å². The zero-order valence-electron chi connectivity index (χ0n) is 12.2. The van der Waals surface area contributed by atoms with E-state index in [9.17, 15) is 4.79 Å². The Bertz CT molecular complexity index is 853. The van der Waals surface area contributed by atoms with Gasteiger partial charge < -0.3 is 18.9 Å². The fourth-order valence-electron chi connectivity index (χ4n) is 2.29. The third-order valence-corrected chi connectivity index (χ3v) is 4.18. The summed E-state index contributed by atoms with van der Waals surface area (Å²) in [4.78, 5) is 12.1. The van der Waals surface area contributed by atoms with E-state index in [0.717, 1.165) is 10.0 Å². The van der Waals surface area contributed by atoms with E-state index in [1.54, 1.807) is 30.3 Å². The summed E-state index contributed by atoms with van der Waals surface area (Å²) in [6.45, 7) is 0.361. The van der Waals surface area contributed by atoms with Crippen LogP contribution in [0, 0.1) is 0 Å². The highest BCUT2D eigenvalue weighted by Gasteiger charge is 2.17. The van der Waals surface area contributed by atoms with Crippen LogP contribution in [0.1, 0.15) is 15.9 Å². The number of rotatable bonds is 3. The predicted molar refractivity (Wildman–Crippen MR) is 87.9 cm³/mol. The number of amides is 1. The predicted octanol–water partition coefficient (Wildman–Crippen LogP) is 2.67. The SMILES string of the molecule is O=C(NN=Cc1cc2c(cc1Br)OCO2)c1ccc2c(c1)OCO2. The number of carbonyl (C=O) groups excluding carboxylic acids is 1. The van der Waals surface area contributed by atoms with Crippen LogP contribution < -0.4 is 24.4 Å². The molecule has 2 aliphatic rings. The summed E-state index contributed by atoms with van der Waals surface area (Å²) in [6, 6.07) is 8.53. The minimum absolute atomic E-state index is 0.163. The largest absolute Gasteiger partial charge is 0.454 e. The molecule has 0 bridgehead atoms. The van der Waals surface area contributed by atoms with Crippen molar-refractivity contribution in [1.29, 1.82) is 0 Å². The normalized spacial score (nSPS) is 14.2. The molecule has 0 radical (unpaired) electrons. The summed E-state index contributed by atoms with van der Waals surface area (Å²) in [6.07, 6.45) is 1.52. The molecule has 0 saturated carbocycles. The quantitative estimate of drug-likeness (QED) is 0.643. The summed E-state index contributed by atoms with van der Waals surface area (Å²) in [7, 11) is 0. The van der Waals surface area contributed by atoms with Gasteiger partial charge in [-0.3, -0.25) is 4.79 Å². The Hall–Kier alpha value is -2.74. The number of carbonyl (C=O) groups is 1. The second kappa shape index (κ2) is 6.04. The molecule has 2 aliphatic heterocycles. The van der Waals surface area contributed by atoms with E-state index in [0.29, 0.717) is 28.6 Å². The van der Waals surface area contributed by atoms with Crippen molar-refractivity contribution in [3.63, 3.8) is 0 Å². The van der Waals surface area contributed by atoms with Crippen molar-refractivity contribution >= 4 is 28.1 Å². The second-order valence-corrected chi connectivity index (χ2v) is 5.85. The molecule has 0 saturated heterocycles. The molecular formula is C16H11BrN2O5. The number of hydrogen-bond acceptors (Lipinski definition) is 6. The van der Waals surface area contributed by atoms with Crippen LogP contribution in [-0.2, 0) is 0 Å². The highest BCUT2D eigenvalue weighted by molar-refractivity contribution is 9.10. The number of halogens is 1. The number of hydrogen-bond donors (Lipinski definition) is 1. The van der Waals surface area contributed by atoms with Crippen LogP contribution in [0.3, 0.4) is 0 Å². The summed E-state index contributed by atoms with van der Waals surface area (Å²) in [5, 5.41) is 3.97. The Balaban J connectivity index is 1.46. The van der Waals surface area contributed by atoms with Crippen LogP contribution in [-0.4, -0.2) is 25.7 Å². The lowest BCUT2D eigenvalue weighted by Gasteiger charge is -2.03. The van der Waals surface area contributed by atoms with Crippen LogP contribution in [0.15, 0.2) is 39.9 Å². The van der Waals surface area contributed by atoms with Crippen molar-refractivity contribution in [2.24, 2.45) is 5.10 Å². The first-order valence-electron chi connectivity index (χ1n) is 7.03. The molecule has 0 aliphatic carbocycles. The van der Waals surface area contributed by atoms with E-state index in [1.807, 2.05) is 0 Å². The maximum atomic E-state index is 12.1. The zero-order chi connectivity index (χ0) is 16.5. The maximum absolute atomic E-state index is 12.1. The lowest BCUT2D eigenvalue weighted by Crippen LogP contribution is -2.17. The highest BCUT2D eigenvalue weighted by atomic mass is 79.9. The van der Waals surface area contributed by atoms with Crippen molar-refractivity contribution in [3.05, 3.63) is 45.9 Å². The van der Waals surface area contributed by atoms with E-state index in [2.05, 4.69) is 26.5 Å². The van der Waals surface area contributed by atoms with Gasteiger partial charge in [-0.2, -0.15) is 5.10 Å². The average Bonchev–Trinajstić information content (AvgIpc) is 3.22. The minimum Gasteiger partial charge on any atom is -0.454 e. The molecule has 1 N–H and O–H groups in total. The van der Waals surface area contributed by atoms with Gasteiger partial charge in [0.05, 0.1) is 6.21 Å². The Kier molecular flexibility index (Phi) is 3.73. The molecular weight excluding hydrogens is 380 g/mol. The average molecular weight is 391 g/mol. The Morgan fingerprint density at radius 2 is 1.67 bits per heavy atom. The molecule has 2 aromatic carbocycles. The van der Waals surface area contributed by atoms with Gasteiger partial charge in [0.2, 0.25) is 13.6 Å². The van der Waals surface area contributed by atoms with Crippen LogP contribution >= 0.6 is 15.9 Å². The summed E-state index contributed by atoms with van der Waals surface area (Å²) in [5.41, 5.74) is 3.66. The molecule has 24 heavy (non-hydrogen) atoms. The molecule has 8 heteroatoms. The fourth-order valence-corrected chi connectivity index (χ4v) is 2.72. The van der Waals surface area contributed by atoms with Crippen LogP contribution in [0.2, 0.25) is 0 Å². The number of ether oxygens (including phenoxy) is 4. The minimum atomic E-state index is -0.346. The molecule has 0 spiro atoms. The first-order chi connectivity index (χ1) is 11.7. The maximum Gasteiger partial charge on any atom is 0.271 e. The first kappa shape index (κ1) is 14.8. The van der Waals surface area contributed by atoms with Gasteiger partial charge in [0, 0.05) is 15.6 Å². The van der Waals surface area contributed by atoms with Gasteiger partial charge in [-0.05, 0) is 46.3 Å². The third kappa shape index (κ3) is 2.76. The van der Waals surface area contributed by atoms with E-state index in [1.165, 1.54) is 6.21 Å². The zero-order valence-corrected chi connectivity index (χ0v) is 13.8. The molecule has 0 aromatic heterocycles. The molecule has 122 valence electrons. The monoisotopic (exact) mass is 390 g/mol. The van der Waals surface area contributed by atoms with Crippen LogP contribution in [0.5, 0.6) is 23.0 Å². The molecule has 4 rings (SSSR count). The smallest absolute Gasteiger partial charge is 0.271 e. The molecule has 0 atom stereocenters.